The average Bonchev–Trinajstić information content (AvgIpc) is 2.71. The maximum absolute atomic E-state index is 11.9. The zero-order chi connectivity index (χ0) is 12.4. The van der Waals surface area contributed by atoms with Crippen molar-refractivity contribution < 1.29 is 9.53 Å². The molecular formula is C13H14INO2. The van der Waals surface area contributed by atoms with Gasteiger partial charge in [-0.05, 0) is 34.7 Å². The fourth-order valence-electron chi connectivity index (χ4n) is 1.95. The third kappa shape index (κ3) is 2.46. The second kappa shape index (κ2) is 5.08. The Morgan fingerprint density at radius 2 is 2.35 bits per heavy atom. The lowest BCUT2D eigenvalue weighted by atomic mass is 10.1. The summed E-state index contributed by atoms with van der Waals surface area (Å²) in [6.45, 7) is 4.47. The molecular weight excluding hydrogens is 329 g/mol. The largest absolute Gasteiger partial charge is 0.497 e. The summed E-state index contributed by atoms with van der Waals surface area (Å²) in [6.07, 6.45) is 2.40. The van der Waals surface area contributed by atoms with Gasteiger partial charge in [-0.1, -0.05) is 6.08 Å². The quantitative estimate of drug-likeness (QED) is 0.624. The van der Waals surface area contributed by atoms with Crippen LogP contribution < -0.4 is 9.64 Å². The van der Waals surface area contributed by atoms with Crippen LogP contribution in [0.1, 0.15) is 6.42 Å². The number of halogens is 1. The van der Waals surface area contributed by atoms with Crippen LogP contribution in [0.3, 0.4) is 0 Å². The number of benzene rings is 1. The van der Waals surface area contributed by atoms with Crippen LogP contribution in [0.5, 0.6) is 5.75 Å². The van der Waals surface area contributed by atoms with Crippen molar-refractivity contribution in [2.24, 2.45) is 5.92 Å². The van der Waals surface area contributed by atoms with Crippen LogP contribution in [0.25, 0.3) is 0 Å². The van der Waals surface area contributed by atoms with Gasteiger partial charge in [-0.3, -0.25) is 4.79 Å². The molecule has 3 nitrogen and oxygen atoms in total. The Morgan fingerprint density at radius 3 is 2.94 bits per heavy atom. The van der Waals surface area contributed by atoms with Crippen LogP contribution in [-0.2, 0) is 4.79 Å². The highest BCUT2D eigenvalue weighted by atomic mass is 127. The second-order valence-electron chi connectivity index (χ2n) is 4.02. The molecule has 1 aromatic carbocycles. The first-order valence-electron chi connectivity index (χ1n) is 5.42. The number of carbonyl (C=O) groups excluding carboxylic acids is 1. The highest BCUT2D eigenvalue weighted by Crippen LogP contribution is 2.32. The first-order chi connectivity index (χ1) is 8.15. The summed E-state index contributed by atoms with van der Waals surface area (Å²) in [5.41, 5.74) is 0.930. The molecule has 1 aromatic rings. The minimum atomic E-state index is 0.154. The van der Waals surface area contributed by atoms with Crippen molar-refractivity contribution in [2.45, 2.75) is 6.42 Å². The van der Waals surface area contributed by atoms with Gasteiger partial charge in [0.05, 0.1) is 12.8 Å². The molecule has 2 rings (SSSR count). The SMILES string of the molecule is C=CC1CC(=O)N(c2cc(OC)ccc2I)C1. The van der Waals surface area contributed by atoms with Crippen LogP contribution in [-0.4, -0.2) is 19.6 Å². The summed E-state index contributed by atoms with van der Waals surface area (Å²) in [4.78, 5) is 13.7. The molecule has 1 amide bonds. The molecule has 0 bridgehead atoms. The van der Waals surface area contributed by atoms with Gasteiger partial charge in [0.1, 0.15) is 5.75 Å². The lowest BCUT2D eigenvalue weighted by Crippen LogP contribution is -2.25. The van der Waals surface area contributed by atoms with Gasteiger partial charge < -0.3 is 9.64 Å². The predicted octanol–water partition coefficient (Wildman–Crippen LogP) is 2.84. The smallest absolute Gasteiger partial charge is 0.227 e. The maximum Gasteiger partial charge on any atom is 0.227 e. The molecule has 17 heavy (non-hydrogen) atoms. The Bertz CT molecular complexity index is 459. The van der Waals surface area contributed by atoms with E-state index in [4.69, 9.17) is 4.74 Å². The van der Waals surface area contributed by atoms with E-state index in [2.05, 4.69) is 29.2 Å². The minimum Gasteiger partial charge on any atom is -0.497 e. The monoisotopic (exact) mass is 343 g/mol. The van der Waals surface area contributed by atoms with E-state index in [1.807, 2.05) is 29.2 Å². The summed E-state index contributed by atoms with van der Waals surface area (Å²) in [7, 11) is 1.63. The van der Waals surface area contributed by atoms with E-state index >= 15 is 0 Å². The van der Waals surface area contributed by atoms with E-state index in [9.17, 15) is 4.79 Å². The molecule has 1 saturated heterocycles. The van der Waals surface area contributed by atoms with Gasteiger partial charge in [0.15, 0.2) is 0 Å². The molecule has 0 saturated carbocycles. The fourth-order valence-corrected chi connectivity index (χ4v) is 2.58. The molecule has 90 valence electrons. The third-order valence-electron chi connectivity index (χ3n) is 2.93. The topological polar surface area (TPSA) is 29.5 Å². The molecule has 4 heteroatoms. The maximum atomic E-state index is 11.9. The van der Waals surface area contributed by atoms with E-state index in [1.165, 1.54) is 0 Å². The predicted molar refractivity (Wildman–Crippen MR) is 76.4 cm³/mol. The molecule has 1 atom stereocenters. The van der Waals surface area contributed by atoms with Crippen LogP contribution >= 0.6 is 22.6 Å². The summed E-state index contributed by atoms with van der Waals surface area (Å²) in [6, 6.07) is 5.77. The Labute approximate surface area is 115 Å². The lowest BCUT2D eigenvalue weighted by molar-refractivity contribution is -0.117. The van der Waals surface area contributed by atoms with E-state index in [-0.39, 0.29) is 11.8 Å². The molecule has 1 heterocycles. The summed E-state index contributed by atoms with van der Waals surface area (Å²) in [5.74, 6) is 1.18. The van der Waals surface area contributed by atoms with E-state index in [1.54, 1.807) is 7.11 Å². The minimum absolute atomic E-state index is 0.154. The van der Waals surface area contributed by atoms with Crippen LogP contribution in [0, 0.1) is 9.49 Å². The van der Waals surface area contributed by atoms with Gasteiger partial charge in [0.2, 0.25) is 5.91 Å². The Kier molecular flexibility index (Phi) is 3.71. The highest BCUT2D eigenvalue weighted by Gasteiger charge is 2.29. The number of nitrogens with zero attached hydrogens (tertiary/aromatic N) is 1. The van der Waals surface area contributed by atoms with E-state index < -0.39 is 0 Å². The Balaban J connectivity index is 2.33. The van der Waals surface area contributed by atoms with Gasteiger partial charge in [-0.2, -0.15) is 0 Å². The van der Waals surface area contributed by atoms with Crippen molar-refractivity contribution in [3.8, 4) is 5.75 Å². The van der Waals surface area contributed by atoms with Gasteiger partial charge >= 0.3 is 0 Å². The fraction of sp³-hybridized carbons (Fsp3) is 0.308. The van der Waals surface area contributed by atoms with Crippen molar-refractivity contribution >= 4 is 34.2 Å². The van der Waals surface area contributed by atoms with Crippen molar-refractivity contribution in [1.29, 1.82) is 0 Å². The second-order valence-corrected chi connectivity index (χ2v) is 5.18. The zero-order valence-corrected chi connectivity index (χ0v) is 11.8. The molecule has 0 N–H and O–H groups in total. The molecule has 1 unspecified atom stereocenters. The molecule has 0 aliphatic carbocycles. The van der Waals surface area contributed by atoms with Gasteiger partial charge in [-0.25, -0.2) is 0 Å². The van der Waals surface area contributed by atoms with Crippen molar-refractivity contribution in [3.63, 3.8) is 0 Å². The summed E-state index contributed by atoms with van der Waals surface area (Å²) >= 11 is 2.24. The van der Waals surface area contributed by atoms with Gasteiger partial charge in [-0.15, -0.1) is 6.58 Å². The number of hydrogen-bond acceptors (Lipinski definition) is 2. The van der Waals surface area contributed by atoms with E-state index in [0.29, 0.717) is 13.0 Å². The molecule has 1 aliphatic rings. The Morgan fingerprint density at radius 1 is 1.59 bits per heavy atom. The molecule has 1 fully saturated rings. The van der Waals surface area contributed by atoms with Crippen molar-refractivity contribution in [2.75, 3.05) is 18.6 Å². The average molecular weight is 343 g/mol. The number of ether oxygens (including phenoxy) is 1. The zero-order valence-electron chi connectivity index (χ0n) is 9.65. The first kappa shape index (κ1) is 12.4. The lowest BCUT2D eigenvalue weighted by Gasteiger charge is -2.18. The van der Waals surface area contributed by atoms with Crippen molar-refractivity contribution in [3.05, 3.63) is 34.4 Å². The molecule has 0 aromatic heterocycles. The molecule has 0 radical (unpaired) electrons. The molecule has 0 spiro atoms. The van der Waals surface area contributed by atoms with Gasteiger partial charge in [0.25, 0.3) is 0 Å². The number of rotatable bonds is 3. The standard InChI is InChI=1S/C13H14INO2/c1-3-9-6-13(16)15(8-9)12-7-10(17-2)4-5-11(12)14/h3-5,7,9H,1,6,8H2,2H3. The number of methoxy groups -OCH3 is 1. The number of amides is 1. The highest BCUT2D eigenvalue weighted by molar-refractivity contribution is 14.1. The van der Waals surface area contributed by atoms with Gasteiger partial charge in [0, 0.05) is 28.5 Å². The normalized spacial score (nSPS) is 19.5. The van der Waals surface area contributed by atoms with Crippen molar-refractivity contribution in [1.82, 2.24) is 0 Å². The summed E-state index contributed by atoms with van der Waals surface area (Å²) in [5, 5.41) is 0. The number of anilines is 1. The summed E-state index contributed by atoms with van der Waals surface area (Å²) < 4.78 is 6.25. The number of carbonyl (C=O) groups is 1. The Hall–Kier alpha value is -1.04. The first-order valence-corrected chi connectivity index (χ1v) is 6.50. The van der Waals surface area contributed by atoms with E-state index in [0.717, 1.165) is 15.0 Å². The van der Waals surface area contributed by atoms with Crippen LogP contribution in [0.4, 0.5) is 5.69 Å². The van der Waals surface area contributed by atoms with Crippen LogP contribution in [0.15, 0.2) is 30.9 Å². The molecule has 1 aliphatic heterocycles. The van der Waals surface area contributed by atoms with Crippen LogP contribution in [0.2, 0.25) is 0 Å². The third-order valence-corrected chi connectivity index (χ3v) is 3.84. The number of hydrogen-bond donors (Lipinski definition) is 0.